The van der Waals surface area contributed by atoms with E-state index in [9.17, 15) is 54.2 Å². The SMILES string of the molecule is O=C([O-])CC(=O)C(C(F)(F)F)(C(F)(F)F)C(F)(F)F. The highest BCUT2D eigenvalue weighted by Crippen LogP contribution is 2.60. The van der Waals surface area contributed by atoms with Gasteiger partial charge in [0, 0.05) is 12.4 Å². The van der Waals surface area contributed by atoms with Crippen LogP contribution in [0.3, 0.4) is 0 Å². The molecule has 0 atom stereocenters. The standard InChI is InChI=1S/C7H3F9O3/c8-5(9,10)4(6(11,12)13,7(14,15)16)2(17)1-3(18)19/h1H2,(H,18,19)/p-1. The summed E-state index contributed by atoms with van der Waals surface area (Å²) in [5.74, 6) is -6.41. The van der Waals surface area contributed by atoms with Gasteiger partial charge in [-0.2, -0.15) is 39.5 Å². The van der Waals surface area contributed by atoms with Crippen LogP contribution in [-0.4, -0.2) is 30.3 Å². The summed E-state index contributed by atoms with van der Waals surface area (Å²) in [5, 5.41) is 9.80. The van der Waals surface area contributed by atoms with Crippen molar-refractivity contribution >= 4 is 11.8 Å². The molecular weight excluding hydrogens is 303 g/mol. The maximum atomic E-state index is 12.2. The molecule has 0 aromatic carbocycles. The molecule has 0 fully saturated rings. The van der Waals surface area contributed by atoms with Crippen molar-refractivity contribution in [1.29, 1.82) is 0 Å². The lowest BCUT2D eigenvalue weighted by Crippen LogP contribution is -2.64. The summed E-state index contributed by atoms with van der Waals surface area (Å²) in [7, 11) is 0. The second-order valence-corrected chi connectivity index (χ2v) is 3.22. The van der Waals surface area contributed by atoms with Gasteiger partial charge in [0.05, 0.1) is 0 Å². The first-order chi connectivity index (χ1) is 8.09. The average Bonchev–Trinajstić information content (AvgIpc) is 1.91. The second kappa shape index (κ2) is 4.56. The molecule has 0 rings (SSSR count). The quantitative estimate of drug-likeness (QED) is 0.584. The van der Waals surface area contributed by atoms with E-state index in [1.54, 1.807) is 0 Å². The minimum atomic E-state index is -7.10. The largest absolute Gasteiger partial charge is 0.550 e. The zero-order valence-corrected chi connectivity index (χ0v) is 8.33. The summed E-state index contributed by atoms with van der Waals surface area (Å²) >= 11 is 0. The number of halogens is 9. The van der Waals surface area contributed by atoms with Crippen LogP contribution in [0, 0.1) is 5.41 Å². The molecule has 0 aliphatic carbocycles. The van der Waals surface area contributed by atoms with Crippen molar-refractivity contribution in [2.45, 2.75) is 24.9 Å². The van der Waals surface area contributed by atoms with Gasteiger partial charge in [-0.1, -0.05) is 0 Å². The van der Waals surface area contributed by atoms with Crippen LogP contribution in [0.2, 0.25) is 0 Å². The van der Waals surface area contributed by atoms with E-state index in [4.69, 9.17) is 0 Å². The Balaban J connectivity index is 6.27. The molecule has 12 heteroatoms. The van der Waals surface area contributed by atoms with Gasteiger partial charge in [0.2, 0.25) is 0 Å². The Labute approximate surface area is 97.5 Å². The Morgan fingerprint density at radius 1 is 0.737 bits per heavy atom. The third-order valence-electron chi connectivity index (χ3n) is 2.00. The summed E-state index contributed by atoms with van der Waals surface area (Å²) in [4.78, 5) is 20.4. The van der Waals surface area contributed by atoms with E-state index in [0.717, 1.165) is 0 Å². The number of hydrogen-bond donors (Lipinski definition) is 0. The number of carbonyl (C=O) groups is 2. The van der Waals surface area contributed by atoms with Crippen LogP contribution in [-0.2, 0) is 9.59 Å². The lowest BCUT2D eigenvalue weighted by atomic mass is 9.79. The number of carbonyl (C=O) groups excluding carboxylic acids is 2. The molecule has 112 valence electrons. The van der Waals surface area contributed by atoms with Gasteiger partial charge in [0.15, 0.2) is 5.78 Å². The summed E-state index contributed by atoms with van der Waals surface area (Å²) in [6.07, 6.45) is -24.0. The number of Topliss-reactive ketones (excluding diaryl/α,β-unsaturated/α-hetero) is 1. The van der Waals surface area contributed by atoms with E-state index in [-0.39, 0.29) is 0 Å². The molecule has 0 amide bonds. The first kappa shape index (κ1) is 17.5. The lowest BCUT2D eigenvalue weighted by molar-refractivity contribution is -0.406. The molecule has 0 saturated heterocycles. The Kier molecular flexibility index (Phi) is 4.20. The Morgan fingerprint density at radius 3 is 1.16 bits per heavy atom. The van der Waals surface area contributed by atoms with Crippen molar-refractivity contribution in [2.24, 2.45) is 5.41 Å². The highest BCUT2D eigenvalue weighted by Gasteiger charge is 2.87. The van der Waals surface area contributed by atoms with Gasteiger partial charge in [0.1, 0.15) is 0 Å². The zero-order valence-electron chi connectivity index (χ0n) is 8.33. The first-order valence-corrected chi connectivity index (χ1v) is 4.02. The number of hydrogen-bond acceptors (Lipinski definition) is 3. The Morgan fingerprint density at radius 2 is 1.00 bits per heavy atom. The van der Waals surface area contributed by atoms with Crippen LogP contribution in [0.4, 0.5) is 39.5 Å². The number of alkyl halides is 9. The predicted molar refractivity (Wildman–Crippen MR) is 35.2 cm³/mol. The number of aliphatic carboxylic acids is 1. The molecule has 3 nitrogen and oxygen atoms in total. The van der Waals surface area contributed by atoms with Crippen molar-refractivity contribution in [1.82, 2.24) is 0 Å². The first-order valence-electron chi connectivity index (χ1n) is 4.02. The summed E-state index contributed by atoms with van der Waals surface area (Å²) in [6.45, 7) is 0. The Bertz CT molecular complexity index is 339. The molecule has 0 aliphatic rings. The molecule has 0 aromatic rings. The van der Waals surface area contributed by atoms with Crippen LogP contribution in [0.5, 0.6) is 0 Å². The van der Waals surface area contributed by atoms with Gasteiger partial charge in [-0.15, -0.1) is 0 Å². The van der Waals surface area contributed by atoms with E-state index in [1.807, 2.05) is 0 Å². The molecule has 0 spiro atoms. The van der Waals surface area contributed by atoms with Crippen LogP contribution in [0.1, 0.15) is 6.42 Å². The smallest absolute Gasteiger partial charge is 0.419 e. The summed E-state index contributed by atoms with van der Waals surface area (Å²) in [6, 6.07) is 0. The summed E-state index contributed by atoms with van der Waals surface area (Å²) in [5.41, 5.74) is -6.76. The molecular formula is C7H2F9O3-. The fraction of sp³-hybridized carbons (Fsp3) is 0.714. The van der Waals surface area contributed by atoms with Crippen molar-refractivity contribution < 1.29 is 54.2 Å². The number of rotatable bonds is 3. The molecule has 0 radical (unpaired) electrons. The van der Waals surface area contributed by atoms with Crippen molar-refractivity contribution in [2.75, 3.05) is 0 Å². The molecule has 0 unspecified atom stereocenters. The fourth-order valence-electron chi connectivity index (χ4n) is 1.22. The van der Waals surface area contributed by atoms with Crippen molar-refractivity contribution in [3.63, 3.8) is 0 Å². The lowest BCUT2D eigenvalue weighted by Gasteiger charge is -2.37. The second-order valence-electron chi connectivity index (χ2n) is 3.22. The molecule has 0 aliphatic heterocycles. The fourth-order valence-corrected chi connectivity index (χ4v) is 1.22. The molecule has 19 heavy (non-hydrogen) atoms. The van der Waals surface area contributed by atoms with Gasteiger partial charge in [0.25, 0.3) is 0 Å². The highest BCUT2D eigenvalue weighted by molar-refractivity contribution is 5.99. The average molecular weight is 305 g/mol. The highest BCUT2D eigenvalue weighted by atomic mass is 19.4. The van der Waals surface area contributed by atoms with E-state index in [0.29, 0.717) is 0 Å². The van der Waals surface area contributed by atoms with Crippen LogP contribution in [0.15, 0.2) is 0 Å². The van der Waals surface area contributed by atoms with Gasteiger partial charge < -0.3 is 9.90 Å². The van der Waals surface area contributed by atoms with E-state index in [2.05, 4.69) is 0 Å². The number of ketones is 1. The van der Waals surface area contributed by atoms with Crippen molar-refractivity contribution in [3.05, 3.63) is 0 Å². The number of carboxylic acid groups (broad SMARTS) is 1. The van der Waals surface area contributed by atoms with E-state index in [1.165, 1.54) is 0 Å². The molecule has 0 saturated carbocycles. The molecule has 0 bridgehead atoms. The number of carboxylic acids is 1. The minimum absolute atomic E-state index is 2.68. The predicted octanol–water partition coefficient (Wildman–Crippen LogP) is 1.37. The van der Waals surface area contributed by atoms with E-state index >= 15 is 0 Å². The van der Waals surface area contributed by atoms with Gasteiger partial charge >= 0.3 is 23.9 Å². The van der Waals surface area contributed by atoms with Crippen LogP contribution >= 0.6 is 0 Å². The third kappa shape index (κ3) is 2.76. The van der Waals surface area contributed by atoms with Gasteiger partial charge in [-0.3, -0.25) is 4.79 Å². The topological polar surface area (TPSA) is 57.2 Å². The van der Waals surface area contributed by atoms with Crippen LogP contribution in [0.25, 0.3) is 0 Å². The van der Waals surface area contributed by atoms with Crippen molar-refractivity contribution in [3.8, 4) is 0 Å². The van der Waals surface area contributed by atoms with Gasteiger partial charge in [-0.25, -0.2) is 0 Å². The normalized spacial score (nSPS) is 14.4. The minimum Gasteiger partial charge on any atom is -0.550 e. The zero-order chi connectivity index (χ0) is 15.9. The maximum absolute atomic E-state index is 12.2. The van der Waals surface area contributed by atoms with E-state index < -0.39 is 42.1 Å². The maximum Gasteiger partial charge on any atom is 0.419 e. The third-order valence-corrected chi connectivity index (χ3v) is 2.00. The monoisotopic (exact) mass is 305 g/mol. The Hall–Kier alpha value is -1.49. The van der Waals surface area contributed by atoms with Crippen LogP contribution < -0.4 is 5.11 Å². The molecule has 0 aromatic heterocycles. The molecule has 0 N–H and O–H groups in total. The summed E-state index contributed by atoms with van der Waals surface area (Å²) < 4.78 is 110. The van der Waals surface area contributed by atoms with Gasteiger partial charge in [-0.05, 0) is 0 Å². The molecule has 0 heterocycles.